The van der Waals surface area contributed by atoms with E-state index in [2.05, 4.69) is 17.1 Å². The highest BCUT2D eigenvalue weighted by Gasteiger charge is 2.44. The zero-order valence-electron chi connectivity index (χ0n) is 22.9. The topological polar surface area (TPSA) is 126 Å². The van der Waals surface area contributed by atoms with Gasteiger partial charge in [0.05, 0.1) is 40.0 Å². The van der Waals surface area contributed by atoms with Crippen molar-refractivity contribution < 1.29 is 43.2 Å². The molecule has 40 heavy (non-hydrogen) atoms. The molecule has 0 saturated carbocycles. The van der Waals surface area contributed by atoms with Crippen LogP contribution in [0, 0.1) is 0 Å². The van der Waals surface area contributed by atoms with Gasteiger partial charge in [0, 0.05) is 35.7 Å². The number of ether oxygens (including phenoxy) is 6. The smallest absolute Gasteiger partial charge is 0.258 e. The minimum absolute atomic E-state index is 0.0709. The van der Waals surface area contributed by atoms with Crippen molar-refractivity contribution in [3.8, 4) is 28.7 Å². The van der Waals surface area contributed by atoms with Crippen LogP contribution in [0.2, 0.25) is 0 Å². The summed E-state index contributed by atoms with van der Waals surface area (Å²) >= 11 is 0. The number of carbonyl (C=O) groups is 1. The summed E-state index contributed by atoms with van der Waals surface area (Å²) in [4.78, 5) is 18.4. The number of hydrogen-bond acceptors (Lipinski definition) is 10. The van der Waals surface area contributed by atoms with Crippen molar-refractivity contribution >= 4 is 11.6 Å². The molecule has 0 aromatic heterocycles. The maximum atomic E-state index is 12.6. The molecule has 214 valence electrons. The van der Waals surface area contributed by atoms with Crippen molar-refractivity contribution in [3.63, 3.8) is 0 Å². The third kappa shape index (κ3) is 5.39. The molecule has 2 unspecified atom stereocenters. The molecule has 2 aromatic carbocycles. The summed E-state index contributed by atoms with van der Waals surface area (Å²) in [5, 5.41) is 16.1. The highest BCUT2D eigenvalue weighted by molar-refractivity contribution is 6.09. The van der Waals surface area contributed by atoms with E-state index in [4.69, 9.17) is 38.4 Å². The van der Waals surface area contributed by atoms with Crippen LogP contribution in [0.25, 0.3) is 0 Å². The molecule has 0 spiro atoms. The highest BCUT2D eigenvalue weighted by atomic mass is 16.7. The molecule has 0 aliphatic carbocycles. The Bertz CT molecular complexity index is 1310. The number of oxime groups is 1. The van der Waals surface area contributed by atoms with E-state index in [1.165, 1.54) is 0 Å². The van der Waals surface area contributed by atoms with Crippen LogP contribution in [0.3, 0.4) is 0 Å². The number of hydrogen-bond donors (Lipinski definition) is 2. The summed E-state index contributed by atoms with van der Waals surface area (Å²) in [7, 11) is 3.16. The molecule has 11 nitrogen and oxygen atoms in total. The van der Waals surface area contributed by atoms with Gasteiger partial charge in [-0.2, -0.15) is 0 Å². The lowest BCUT2D eigenvalue weighted by molar-refractivity contribution is -0.123. The van der Waals surface area contributed by atoms with Gasteiger partial charge in [-0.1, -0.05) is 11.7 Å². The van der Waals surface area contributed by atoms with Gasteiger partial charge in [0.25, 0.3) is 5.91 Å². The van der Waals surface area contributed by atoms with Gasteiger partial charge in [-0.3, -0.25) is 4.79 Å². The molecule has 3 heterocycles. The van der Waals surface area contributed by atoms with Crippen molar-refractivity contribution in [1.82, 2.24) is 5.32 Å². The molecule has 11 heteroatoms. The van der Waals surface area contributed by atoms with Crippen LogP contribution in [0.1, 0.15) is 29.5 Å². The number of amides is 1. The molecule has 2 N–H and O–H groups in total. The second-order valence-corrected chi connectivity index (χ2v) is 9.70. The van der Waals surface area contributed by atoms with Gasteiger partial charge in [0.15, 0.2) is 24.2 Å². The van der Waals surface area contributed by atoms with Crippen LogP contribution in [0.4, 0.5) is 0 Å². The van der Waals surface area contributed by atoms with Gasteiger partial charge in [-0.25, -0.2) is 0 Å². The van der Waals surface area contributed by atoms with Crippen LogP contribution in [0.15, 0.2) is 41.6 Å². The lowest BCUT2D eigenvalue weighted by Gasteiger charge is -2.29. The first kappa shape index (κ1) is 27.6. The Morgan fingerprint density at radius 2 is 1.98 bits per heavy atom. The minimum Gasteiger partial charge on any atom is -0.493 e. The first-order chi connectivity index (χ1) is 19.4. The Balaban J connectivity index is 1.45. The molecular formula is C29H34N2O9. The Morgan fingerprint density at radius 3 is 2.73 bits per heavy atom. The van der Waals surface area contributed by atoms with Crippen molar-refractivity contribution in [2.75, 3.05) is 53.8 Å². The van der Waals surface area contributed by atoms with Gasteiger partial charge in [-0.05, 0) is 30.7 Å². The van der Waals surface area contributed by atoms with Crippen molar-refractivity contribution in [2.45, 2.75) is 31.5 Å². The van der Waals surface area contributed by atoms with Crippen LogP contribution in [-0.2, 0) is 20.8 Å². The van der Waals surface area contributed by atoms with Gasteiger partial charge < -0.3 is 43.7 Å². The minimum atomic E-state index is -0.344. The highest BCUT2D eigenvalue weighted by Crippen LogP contribution is 2.48. The summed E-state index contributed by atoms with van der Waals surface area (Å²) in [5.41, 5.74) is 3.96. The molecule has 0 radical (unpaired) electrons. The number of rotatable bonds is 12. The fourth-order valence-electron chi connectivity index (χ4n) is 5.08. The van der Waals surface area contributed by atoms with Crippen LogP contribution >= 0.6 is 0 Å². The number of aliphatic hydroxyl groups excluding tert-OH is 1. The van der Waals surface area contributed by atoms with E-state index in [-0.39, 0.29) is 43.9 Å². The molecule has 0 fully saturated rings. The normalized spacial score (nSPS) is 20.1. The lowest BCUT2D eigenvalue weighted by Crippen LogP contribution is -2.33. The molecule has 3 aliphatic rings. The Morgan fingerprint density at radius 1 is 1.18 bits per heavy atom. The van der Waals surface area contributed by atoms with E-state index in [0.717, 1.165) is 16.7 Å². The van der Waals surface area contributed by atoms with E-state index >= 15 is 0 Å². The first-order valence-electron chi connectivity index (χ1n) is 13.1. The van der Waals surface area contributed by atoms with E-state index in [1.807, 2.05) is 25.1 Å². The maximum Gasteiger partial charge on any atom is 0.258 e. The quantitative estimate of drug-likeness (QED) is 0.300. The third-order valence-corrected chi connectivity index (χ3v) is 7.06. The summed E-state index contributed by atoms with van der Waals surface area (Å²) in [6.45, 7) is 6.80. The van der Waals surface area contributed by atoms with Crippen molar-refractivity contribution in [1.29, 1.82) is 0 Å². The van der Waals surface area contributed by atoms with E-state index in [0.29, 0.717) is 66.2 Å². The zero-order chi connectivity index (χ0) is 28.2. The van der Waals surface area contributed by atoms with Crippen molar-refractivity contribution in [2.24, 2.45) is 5.16 Å². The number of nitrogens with one attached hydrogen (secondary N) is 1. The van der Waals surface area contributed by atoms with E-state index in [9.17, 15) is 4.79 Å². The molecule has 3 atom stereocenters. The SMILES string of the molecule is C=C(C)[C@H]1Cc2c(ccc(C3=NOC4COc5cc(OC)c(OC)cc5C34)c2OCC(=O)NCCOCCO)O1. The Hall–Kier alpha value is -3.96. The fourth-order valence-corrected chi connectivity index (χ4v) is 5.08. The summed E-state index contributed by atoms with van der Waals surface area (Å²) in [6.07, 6.45) is 0.0146. The lowest BCUT2D eigenvalue weighted by atomic mass is 9.83. The average Bonchev–Trinajstić information content (AvgIpc) is 3.60. The average molecular weight is 555 g/mol. The molecule has 3 aliphatic heterocycles. The second kappa shape index (κ2) is 12.1. The van der Waals surface area contributed by atoms with Gasteiger partial charge in [-0.15, -0.1) is 0 Å². The molecule has 1 amide bonds. The first-order valence-corrected chi connectivity index (χ1v) is 13.1. The van der Waals surface area contributed by atoms with E-state index in [1.54, 1.807) is 20.3 Å². The number of aliphatic hydroxyl groups is 1. The number of methoxy groups -OCH3 is 2. The van der Waals surface area contributed by atoms with Crippen LogP contribution in [0.5, 0.6) is 28.7 Å². The Kier molecular flexibility index (Phi) is 8.32. The number of carbonyl (C=O) groups excluding carboxylic acids is 1. The molecule has 2 aromatic rings. The summed E-state index contributed by atoms with van der Waals surface area (Å²) < 4.78 is 34.5. The number of nitrogens with zero attached hydrogens (tertiary/aromatic N) is 1. The van der Waals surface area contributed by atoms with E-state index < -0.39 is 0 Å². The standard InChI is InChI=1S/C29H34N2O9/c1-16(2)21-12-19-20(39-21)6-5-17(29(19)38-15-26(33)30-7-9-36-10-8-32)28-27-18-11-23(34-3)24(35-4)13-22(18)37-14-25(27)40-31-28/h5-6,11,13,21,25,27,32H,1,7-10,12,14-15H2,2-4H3,(H,30,33)/t21-,25?,27?/m1/s1. The summed E-state index contributed by atoms with van der Waals surface area (Å²) in [6, 6.07) is 7.47. The predicted octanol–water partition coefficient (Wildman–Crippen LogP) is 2.37. The van der Waals surface area contributed by atoms with Gasteiger partial charge >= 0.3 is 0 Å². The molecule has 0 saturated heterocycles. The molecular weight excluding hydrogens is 520 g/mol. The van der Waals surface area contributed by atoms with Crippen molar-refractivity contribution in [3.05, 3.63) is 53.1 Å². The third-order valence-electron chi connectivity index (χ3n) is 7.06. The van der Waals surface area contributed by atoms with Gasteiger partial charge in [0.1, 0.15) is 35.7 Å². The second-order valence-electron chi connectivity index (χ2n) is 9.70. The van der Waals surface area contributed by atoms with Crippen LogP contribution < -0.4 is 29.0 Å². The summed E-state index contributed by atoms with van der Waals surface area (Å²) in [5.74, 6) is 2.43. The van der Waals surface area contributed by atoms with Crippen LogP contribution in [-0.4, -0.2) is 82.7 Å². The molecule has 5 rings (SSSR count). The maximum absolute atomic E-state index is 12.6. The zero-order valence-corrected chi connectivity index (χ0v) is 22.9. The number of benzene rings is 2. The largest absolute Gasteiger partial charge is 0.493 e. The number of fused-ring (bicyclic) bond motifs is 4. The molecule has 0 bridgehead atoms. The monoisotopic (exact) mass is 554 g/mol. The van der Waals surface area contributed by atoms with Gasteiger partial charge in [0.2, 0.25) is 0 Å². The fraction of sp³-hybridized carbons (Fsp3) is 0.448. The Labute approximate surface area is 232 Å². The predicted molar refractivity (Wildman–Crippen MR) is 145 cm³/mol.